The van der Waals surface area contributed by atoms with Gasteiger partial charge in [0.25, 0.3) is 0 Å². The maximum Gasteiger partial charge on any atom is 0.322 e. The van der Waals surface area contributed by atoms with Crippen LogP contribution in [0.3, 0.4) is 0 Å². The van der Waals surface area contributed by atoms with Gasteiger partial charge in [0, 0.05) is 22.5 Å². The Morgan fingerprint density at radius 3 is 2.54 bits per heavy atom. The Kier molecular flexibility index (Phi) is 5.77. The van der Waals surface area contributed by atoms with Gasteiger partial charge in [-0.25, -0.2) is 13.9 Å². The number of fused-ring (bicyclic) bond motifs is 3. The van der Waals surface area contributed by atoms with E-state index in [4.69, 9.17) is 16.7 Å². The van der Waals surface area contributed by atoms with Gasteiger partial charge in [-0.3, -0.25) is 0 Å². The van der Waals surface area contributed by atoms with Gasteiger partial charge in [-0.2, -0.15) is 5.10 Å². The molecule has 0 aliphatic carbocycles. The lowest BCUT2D eigenvalue weighted by molar-refractivity contribution is 0.194. The fourth-order valence-corrected chi connectivity index (χ4v) is 5.10. The number of carbonyl (C=O) groups is 1. The van der Waals surface area contributed by atoms with Gasteiger partial charge in [-0.1, -0.05) is 41.9 Å². The minimum absolute atomic E-state index is 0.305. The molecule has 1 aliphatic heterocycles. The third kappa shape index (κ3) is 4.17. The van der Waals surface area contributed by atoms with Gasteiger partial charge in [-0.15, -0.1) is 0 Å². The van der Waals surface area contributed by atoms with E-state index < -0.39 is 6.04 Å². The minimum Gasteiger partial charge on any atom is -0.308 e. The third-order valence-electron chi connectivity index (χ3n) is 6.61. The SMILES string of the molecule is Cc1nn(-c2ccccc2)c2c1CN(C(=O)Nc1ccc(F)cc1)[C@H](c1cccc(Cl)c1)c1cccn1-2. The summed E-state index contributed by atoms with van der Waals surface area (Å²) in [7, 11) is 0. The largest absolute Gasteiger partial charge is 0.322 e. The molecule has 5 aromatic rings. The number of nitrogens with one attached hydrogen (secondary N) is 1. The standard InChI is InChI=1S/C29H23ClFN5O/c1-19-25-18-35(29(37)32-23-14-12-22(31)13-15-23)27(20-7-5-8-21(30)17-20)26-11-6-16-34(26)28(25)36(33-19)24-9-3-2-4-10-24/h2-17,27H,18H2,1H3,(H,32,37)/t27-/m1/s1. The lowest BCUT2D eigenvalue weighted by Crippen LogP contribution is -2.38. The van der Waals surface area contributed by atoms with Crippen molar-refractivity contribution in [3.05, 3.63) is 131 Å². The van der Waals surface area contributed by atoms with Crippen molar-refractivity contribution in [1.82, 2.24) is 19.2 Å². The number of nitrogens with zero attached hydrogens (tertiary/aromatic N) is 4. The molecule has 0 bridgehead atoms. The molecule has 6 nitrogen and oxygen atoms in total. The molecule has 37 heavy (non-hydrogen) atoms. The molecule has 3 heterocycles. The number of aryl methyl sites for hydroxylation is 1. The molecule has 1 atom stereocenters. The highest BCUT2D eigenvalue weighted by atomic mass is 35.5. The maximum atomic E-state index is 13.9. The van der Waals surface area contributed by atoms with Gasteiger partial charge in [-0.05, 0) is 73.2 Å². The average molecular weight is 512 g/mol. The Morgan fingerprint density at radius 1 is 1.00 bits per heavy atom. The predicted molar refractivity (Wildman–Crippen MR) is 142 cm³/mol. The Morgan fingerprint density at radius 2 is 1.78 bits per heavy atom. The van der Waals surface area contributed by atoms with Crippen LogP contribution in [-0.2, 0) is 6.54 Å². The second kappa shape index (κ2) is 9.26. The van der Waals surface area contributed by atoms with Crippen LogP contribution in [0.4, 0.5) is 14.9 Å². The first kappa shape index (κ1) is 23.1. The zero-order valence-electron chi connectivity index (χ0n) is 20.0. The van der Waals surface area contributed by atoms with Crippen LogP contribution in [-0.4, -0.2) is 25.3 Å². The number of hydrogen-bond donors (Lipinski definition) is 1. The van der Waals surface area contributed by atoms with Crippen LogP contribution in [0.1, 0.15) is 28.6 Å². The summed E-state index contributed by atoms with van der Waals surface area (Å²) in [5.74, 6) is 0.517. The molecule has 184 valence electrons. The smallest absolute Gasteiger partial charge is 0.308 e. The highest BCUT2D eigenvalue weighted by Gasteiger charge is 2.36. The number of para-hydroxylation sites is 1. The molecule has 0 spiro atoms. The van der Waals surface area contributed by atoms with Gasteiger partial charge < -0.3 is 14.8 Å². The van der Waals surface area contributed by atoms with Crippen LogP contribution < -0.4 is 5.32 Å². The van der Waals surface area contributed by atoms with Gasteiger partial charge in [0.05, 0.1) is 29.7 Å². The van der Waals surface area contributed by atoms with E-state index in [2.05, 4.69) is 9.88 Å². The number of aromatic nitrogens is 3. The molecule has 1 aliphatic rings. The molecule has 1 N–H and O–H groups in total. The van der Waals surface area contributed by atoms with E-state index in [-0.39, 0.29) is 11.8 Å². The number of hydrogen-bond acceptors (Lipinski definition) is 2. The van der Waals surface area contributed by atoms with E-state index >= 15 is 0 Å². The van der Waals surface area contributed by atoms with Crippen molar-refractivity contribution in [2.24, 2.45) is 0 Å². The van der Waals surface area contributed by atoms with Crippen molar-refractivity contribution in [1.29, 1.82) is 0 Å². The summed E-state index contributed by atoms with van der Waals surface area (Å²) in [6.07, 6.45) is 1.99. The fourth-order valence-electron chi connectivity index (χ4n) is 4.91. The van der Waals surface area contributed by atoms with Crippen LogP contribution in [0.15, 0.2) is 97.2 Å². The van der Waals surface area contributed by atoms with Gasteiger partial charge in [0.2, 0.25) is 0 Å². The first-order valence-corrected chi connectivity index (χ1v) is 12.3. The molecule has 8 heteroatoms. The van der Waals surface area contributed by atoms with E-state index in [9.17, 15) is 9.18 Å². The number of anilines is 1. The molecular weight excluding hydrogens is 489 g/mol. The minimum atomic E-state index is -0.440. The third-order valence-corrected chi connectivity index (χ3v) is 6.84. The topological polar surface area (TPSA) is 55.1 Å². The Balaban J connectivity index is 1.53. The Bertz CT molecular complexity index is 1590. The molecule has 0 radical (unpaired) electrons. The van der Waals surface area contributed by atoms with Crippen molar-refractivity contribution in [2.45, 2.75) is 19.5 Å². The van der Waals surface area contributed by atoms with E-state index in [0.29, 0.717) is 17.3 Å². The summed E-state index contributed by atoms with van der Waals surface area (Å²) in [5, 5.41) is 8.39. The van der Waals surface area contributed by atoms with Crippen LogP contribution in [0.5, 0.6) is 0 Å². The van der Waals surface area contributed by atoms with Crippen molar-refractivity contribution < 1.29 is 9.18 Å². The number of halogens is 2. The van der Waals surface area contributed by atoms with Crippen LogP contribution in [0.2, 0.25) is 5.02 Å². The van der Waals surface area contributed by atoms with Crippen molar-refractivity contribution in [2.75, 3.05) is 5.32 Å². The zero-order chi connectivity index (χ0) is 25.5. The van der Waals surface area contributed by atoms with Crippen molar-refractivity contribution in [3.63, 3.8) is 0 Å². The number of amides is 2. The van der Waals surface area contributed by atoms with E-state index in [0.717, 1.165) is 34.0 Å². The molecule has 3 aromatic carbocycles. The summed E-state index contributed by atoms with van der Waals surface area (Å²) >= 11 is 6.40. The molecule has 2 amide bonds. The molecular formula is C29H23ClFN5O. The lowest BCUT2D eigenvalue weighted by Gasteiger charge is -2.31. The number of benzene rings is 3. The van der Waals surface area contributed by atoms with Crippen molar-refractivity contribution in [3.8, 4) is 11.5 Å². The van der Waals surface area contributed by atoms with E-state index in [1.807, 2.05) is 84.5 Å². The lowest BCUT2D eigenvalue weighted by atomic mass is 10.0. The zero-order valence-corrected chi connectivity index (χ0v) is 20.7. The van der Waals surface area contributed by atoms with Crippen LogP contribution >= 0.6 is 11.6 Å². The molecule has 6 rings (SSSR count). The second-order valence-electron chi connectivity index (χ2n) is 8.96. The van der Waals surface area contributed by atoms with E-state index in [1.165, 1.54) is 12.1 Å². The molecule has 0 unspecified atom stereocenters. The van der Waals surface area contributed by atoms with Gasteiger partial charge in [0.15, 0.2) is 0 Å². The first-order valence-electron chi connectivity index (χ1n) is 11.9. The Hall–Kier alpha value is -4.36. The van der Waals surface area contributed by atoms with Crippen molar-refractivity contribution >= 4 is 23.3 Å². The molecule has 2 aromatic heterocycles. The van der Waals surface area contributed by atoms with Gasteiger partial charge >= 0.3 is 6.03 Å². The summed E-state index contributed by atoms with van der Waals surface area (Å²) in [6, 6.07) is 26.5. The molecule has 0 saturated heterocycles. The maximum absolute atomic E-state index is 13.9. The number of rotatable bonds is 3. The second-order valence-corrected chi connectivity index (χ2v) is 9.40. The van der Waals surface area contributed by atoms with Crippen LogP contribution in [0.25, 0.3) is 11.5 Å². The summed E-state index contributed by atoms with van der Waals surface area (Å²) in [5.41, 5.74) is 4.96. The average Bonchev–Trinajstić information content (AvgIpc) is 3.46. The normalized spacial score (nSPS) is 14.6. The highest BCUT2D eigenvalue weighted by Crippen LogP contribution is 2.39. The summed E-state index contributed by atoms with van der Waals surface area (Å²) in [6.45, 7) is 2.26. The van der Waals surface area contributed by atoms with E-state index in [1.54, 1.807) is 17.0 Å². The molecule has 0 fully saturated rings. The molecule has 0 saturated carbocycles. The number of urea groups is 1. The fraction of sp³-hybridized carbons (Fsp3) is 0.103. The quantitative estimate of drug-likeness (QED) is 0.286. The number of carbonyl (C=O) groups excluding carboxylic acids is 1. The summed E-state index contributed by atoms with van der Waals surface area (Å²) < 4.78 is 17.5. The highest BCUT2D eigenvalue weighted by molar-refractivity contribution is 6.30. The van der Waals surface area contributed by atoms with Gasteiger partial charge in [0.1, 0.15) is 11.6 Å². The summed E-state index contributed by atoms with van der Waals surface area (Å²) in [4.78, 5) is 15.6. The predicted octanol–water partition coefficient (Wildman–Crippen LogP) is 6.90. The Labute approximate surface area is 218 Å². The first-order chi connectivity index (χ1) is 18.0. The monoisotopic (exact) mass is 511 g/mol. The van der Waals surface area contributed by atoms with Crippen LogP contribution in [0, 0.1) is 12.7 Å².